The molecule has 1 aromatic heterocycles. The average molecular weight is 194 g/mol. The molecule has 76 valence electrons. The third-order valence-electron chi connectivity index (χ3n) is 1.61. The van der Waals surface area contributed by atoms with Crippen LogP contribution in [0.25, 0.3) is 0 Å². The predicted octanol–water partition coefficient (Wildman–Crippen LogP) is 1.39. The number of Topliss-reactive ketones (excluding diaryl/α,β-unsaturated/α-hetero) is 1. The number of aromatic nitrogens is 2. The maximum absolute atomic E-state index is 11.5. The fraction of sp³-hybridized carbons (Fsp3) is 0.500. The molecule has 0 N–H and O–H groups in total. The molecule has 0 aliphatic carbocycles. The molecule has 14 heavy (non-hydrogen) atoms. The molecule has 1 rings (SSSR count). The van der Waals surface area contributed by atoms with Gasteiger partial charge in [-0.05, 0) is 26.8 Å². The molecule has 0 aromatic carbocycles. The van der Waals surface area contributed by atoms with Crippen LogP contribution in [-0.4, -0.2) is 28.5 Å². The Morgan fingerprint density at radius 1 is 1.57 bits per heavy atom. The van der Waals surface area contributed by atoms with Gasteiger partial charge in [-0.25, -0.2) is 9.97 Å². The van der Waals surface area contributed by atoms with Gasteiger partial charge in [-0.3, -0.25) is 4.79 Å². The van der Waals surface area contributed by atoms with Gasteiger partial charge in [0, 0.05) is 6.20 Å². The van der Waals surface area contributed by atoms with Gasteiger partial charge in [0.15, 0.2) is 0 Å². The molecule has 0 unspecified atom stereocenters. The monoisotopic (exact) mass is 194 g/mol. The summed E-state index contributed by atoms with van der Waals surface area (Å²) < 4.78 is 5.19. The molecule has 4 nitrogen and oxygen atoms in total. The van der Waals surface area contributed by atoms with Crippen LogP contribution < -0.4 is 0 Å². The number of carbonyl (C=O) groups is 1. The van der Waals surface area contributed by atoms with E-state index in [9.17, 15) is 4.79 Å². The summed E-state index contributed by atoms with van der Waals surface area (Å²) in [5, 5.41) is 0. The van der Waals surface area contributed by atoms with Crippen LogP contribution in [-0.2, 0) is 4.74 Å². The van der Waals surface area contributed by atoms with E-state index >= 15 is 0 Å². The van der Waals surface area contributed by atoms with Crippen molar-refractivity contribution in [2.75, 3.05) is 6.61 Å². The van der Waals surface area contributed by atoms with Gasteiger partial charge < -0.3 is 4.74 Å². The topological polar surface area (TPSA) is 52.1 Å². The van der Waals surface area contributed by atoms with Crippen LogP contribution >= 0.6 is 0 Å². The van der Waals surface area contributed by atoms with Crippen LogP contribution in [0.3, 0.4) is 0 Å². The molecule has 0 amide bonds. The molecule has 0 aliphatic heterocycles. The number of hydrogen-bond donors (Lipinski definition) is 0. The minimum absolute atomic E-state index is 0.0573. The van der Waals surface area contributed by atoms with E-state index in [4.69, 9.17) is 4.74 Å². The summed E-state index contributed by atoms with van der Waals surface area (Å²) in [7, 11) is 0. The molecule has 0 bridgehead atoms. The summed E-state index contributed by atoms with van der Waals surface area (Å²) in [5.41, 5.74) is 0.415. The Bertz CT molecular complexity index is 324. The maximum atomic E-state index is 11.5. The van der Waals surface area contributed by atoms with E-state index in [1.807, 2.05) is 13.8 Å². The zero-order valence-electron chi connectivity index (χ0n) is 8.65. The molecule has 0 radical (unpaired) electrons. The number of hydrogen-bond acceptors (Lipinski definition) is 4. The average Bonchev–Trinajstić information content (AvgIpc) is 2.14. The smallest absolute Gasteiger partial charge is 0.206 e. The van der Waals surface area contributed by atoms with E-state index < -0.39 is 0 Å². The third-order valence-corrected chi connectivity index (χ3v) is 1.61. The van der Waals surface area contributed by atoms with Gasteiger partial charge in [0.05, 0.1) is 6.10 Å². The second-order valence-electron chi connectivity index (χ2n) is 3.27. The maximum Gasteiger partial charge on any atom is 0.206 e. The molecule has 1 heterocycles. The molecular formula is C10H14N2O2. The Balaban J connectivity index is 2.61. The van der Waals surface area contributed by atoms with Gasteiger partial charge in [-0.2, -0.15) is 0 Å². The van der Waals surface area contributed by atoms with Gasteiger partial charge >= 0.3 is 0 Å². The third kappa shape index (κ3) is 3.22. The Labute approximate surface area is 83.3 Å². The molecule has 0 spiro atoms. The van der Waals surface area contributed by atoms with Crippen molar-refractivity contribution in [2.24, 2.45) is 0 Å². The van der Waals surface area contributed by atoms with Crippen molar-refractivity contribution < 1.29 is 9.53 Å². The summed E-state index contributed by atoms with van der Waals surface area (Å²) in [4.78, 5) is 19.4. The fourth-order valence-electron chi connectivity index (χ4n) is 0.928. The first kappa shape index (κ1) is 10.8. The highest BCUT2D eigenvalue weighted by Gasteiger charge is 2.08. The van der Waals surface area contributed by atoms with E-state index in [-0.39, 0.29) is 18.5 Å². The van der Waals surface area contributed by atoms with E-state index in [1.165, 1.54) is 0 Å². The Hall–Kier alpha value is -1.29. The standard InChI is InChI=1S/C10H14N2O2/c1-7(2)14-6-10(13)9-4-5-11-8(3)12-9/h4-5,7H,6H2,1-3H3. The molecule has 0 fully saturated rings. The molecule has 4 heteroatoms. The van der Waals surface area contributed by atoms with Crippen molar-refractivity contribution in [1.82, 2.24) is 9.97 Å². The van der Waals surface area contributed by atoms with Gasteiger partial charge in [0.1, 0.15) is 18.1 Å². The zero-order valence-corrected chi connectivity index (χ0v) is 8.65. The minimum atomic E-state index is -0.107. The van der Waals surface area contributed by atoms with Crippen LogP contribution in [0, 0.1) is 6.92 Å². The summed E-state index contributed by atoms with van der Waals surface area (Å²) in [6.45, 7) is 5.60. The number of ether oxygens (including phenoxy) is 1. The van der Waals surface area contributed by atoms with Crippen LogP contribution in [0.1, 0.15) is 30.2 Å². The first-order valence-corrected chi connectivity index (χ1v) is 4.54. The highest BCUT2D eigenvalue weighted by molar-refractivity contribution is 5.95. The number of carbonyl (C=O) groups excluding carboxylic acids is 1. The van der Waals surface area contributed by atoms with Gasteiger partial charge in [0.2, 0.25) is 5.78 Å². The lowest BCUT2D eigenvalue weighted by atomic mass is 10.3. The van der Waals surface area contributed by atoms with Crippen molar-refractivity contribution in [1.29, 1.82) is 0 Å². The highest BCUT2D eigenvalue weighted by atomic mass is 16.5. The molecule has 0 aliphatic rings. The summed E-state index contributed by atoms with van der Waals surface area (Å²) >= 11 is 0. The first-order chi connectivity index (χ1) is 6.59. The number of aryl methyl sites for hydroxylation is 1. The Morgan fingerprint density at radius 3 is 2.86 bits per heavy atom. The van der Waals surface area contributed by atoms with Gasteiger partial charge in [-0.15, -0.1) is 0 Å². The van der Waals surface area contributed by atoms with E-state index in [1.54, 1.807) is 19.2 Å². The number of ketones is 1. The van der Waals surface area contributed by atoms with Crippen LogP contribution in [0.2, 0.25) is 0 Å². The summed E-state index contributed by atoms with van der Waals surface area (Å²) in [6.07, 6.45) is 1.63. The van der Waals surface area contributed by atoms with Gasteiger partial charge in [-0.1, -0.05) is 0 Å². The lowest BCUT2D eigenvalue weighted by Gasteiger charge is -2.05. The molecular weight excluding hydrogens is 180 g/mol. The zero-order chi connectivity index (χ0) is 10.6. The SMILES string of the molecule is Cc1nccc(C(=O)COC(C)C)n1. The van der Waals surface area contributed by atoms with Crippen molar-refractivity contribution >= 4 is 5.78 Å². The predicted molar refractivity (Wildman–Crippen MR) is 52.2 cm³/mol. The van der Waals surface area contributed by atoms with E-state index in [2.05, 4.69) is 9.97 Å². The second-order valence-corrected chi connectivity index (χ2v) is 3.27. The quantitative estimate of drug-likeness (QED) is 0.680. The molecule has 0 saturated heterocycles. The lowest BCUT2D eigenvalue weighted by Crippen LogP contribution is -2.15. The Kier molecular flexibility index (Phi) is 3.71. The normalized spacial score (nSPS) is 10.6. The van der Waals surface area contributed by atoms with E-state index in [0.29, 0.717) is 11.5 Å². The number of nitrogens with zero attached hydrogens (tertiary/aromatic N) is 2. The minimum Gasteiger partial charge on any atom is -0.371 e. The lowest BCUT2D eigenvalue weighted by molar-refractivity contribution is 0.0580. The van der Waals surface area contributed by atoms with Crippen LogP contribution in [0.5, 0.6) is 0 Å². The summed E-state index contributed by atoms with van der Waals surface area (Å²) in [5.74, 6) is 0.490. The van der Waals surface area contributed by atoms with Crippen molar-refractivity contribution in [3.05, 3.63) is 23.8 Å². The first-order valence-electron chi connectivity index (χ1n) is 4.54. The van der Waals surface area contributed by atoms with Crippen LogP contribution in [0.15, 0.2) is 12.3 Å². The molecule has 0 saturated carbocycles. The van der Waals surface area contributed by atoms with Crippen molar-refractivity contribution in [3.63, 3.8) is 0 Å². The van der Waals surface area contributed by atoms with Crippen LogP contribution in [0.4, 0.5) is 0 Å². The summed E-state index contributed by atoms with van der Waals surface area (Å²) in [6, 6.07) is 1.60. The fourth-order valence-corrected chi connectivity index (χ4v) is 0.928. The number of rotatable bonds is 4. The molecule has 0 atom stereocenters. The van der Waals surface area contributed by atoms with E-state index in [0.717, 1.165) is 0 Å². The highest BCUT2D eigenvalue weighted by Crippen LogP contribution is 1.98. The molecule has 1 aromatic rings. The van der Waals surface area contributed by atoms with Gasteiger partial charge in [0.25, 0.3) is 0 Å². The second kappa shape index (κ2) is 4.81. The largest absolute Gasteiger partial charge is 0.371 e. The van der Waals surface area contributed by atoms with Crippen molar-refractivity contribution in [3.8, 4) is 0 Å². The Morgan fingerprint density at radius 2 is 2.29 bits per heavy atom. The van der Waals surface area contributed by atoms with Crippen molar-refractivity contribution in [2.45, 2.75) is 26.9 Å².